The molecule has 1 N–H and O–H groups in total. The second-order valence-corrected chi connectivity index (χ2v) is 5.26. The Bertz CT molecular complexity index is 210. The Morgan fingerprint density at radius 3 is 2.00 bits per heavy atom. The largest absolute Gasteiger partial charge is 0.372 e. The number of nitrogens with one attached hydrogen (secondary N) is 1. The zero-order chi connectivity index (χ0) is 10.9. The van der Waals surface area contributed by atoms with Gasteiger partial charge in [-0.25, -0.2) is 0 Å². The van der Waals surface area contributed by atoms with E-state index in [2.05, 4.69) is 39.5 Å². The van der Waals surface area contributed by atoms with E-state index in [1.54, 1.807) is 0 Å². The third-order valence-corrected chi connectivity index (χ3v) is 2.45. The fourth-order valence-corrected chi connectivity index (χ4v) is 1.83. The Labute approximate surface area is 86.9 Å². The van der Waals surface area contributed by atoms with Gasteiger partial charge in [-0.05, 0) is 13.8 Å². The van der Waals surface area contributed by atoms with Crippen LogP contribution in [0.2, 0.25) is 0 Å². The summed E-state index contributed by atoms with van der Waals surface area (Å²) < 4.78 is 5.64. The molecule has 0 spiro atoms. The molecule has 3 nitrogen and oxygen atoms in total. The zero-order valence-corrected chi connectivity index (χ0v) is 9.92. The lowest BCUT2D eigenvalue weighted by Gasteiger charge is -2.40. The van der Waals surface area contributed by atoms with Crippen LogP contribution >= 0.6 is 0 Å². The van der Waals surface area contributed by atoms with Crippen molar-refractivity contribution in [1.29, 1.82) is 5.41 Å². The maximum Gasteiger partial charge on any atom is 0.101 e. The lowest BCUT2D eigenvalue weighted by atomic mass is 9.93. The summed E-state index contributed by atoms with van der Waals surface area (Å²) in [7, 11) is 0. The monoisotopic (exact) mass is 198 g/mol. The van der Waals surface area contributed by atoms with Crippen LogP contribution < -0.4 is 0 Å². The molecule has 1 heterocycles. The van der Waals surface area contributed by atoms with Gasteiger partial charge in [0.05, 0.1) is 12.2 Å². The Morgan fingerprint density at radius 2 is 1.64 bits per heavy atom. The summed E-state index contributed by atoms with van der Waals surface area (Å²) in [4.78, 5) is 2.14. The molecule has 1 rings (SSSR count). The van der Waals surface area contributed by atoms with E-state index in [1.807, 2.05) is 0 Å². The van der Waals surface area contributed by atoms with Gasteiger partial charge in [0, 0.05) is 18.5 Å². The Hall–Kier alpha value is -0.570. The maximum atomic E-state index is 8.08. The summed E-state index contributed by atoms with van der Waals surface area (Å²) in [5.41, 5.74) is -0.0588. The van der Waals surface area contributed by atoms with E-state index in [1.165, 1.54) is 0 Å². The number of nitrogens with zero attached hydrogens (tertiary/aromatic N) is 1. The molecule has 82 valence electrons. The van der Waals surface area contributed by atoms with Crippen molar-refractivity contribution >= 4 is 5.84 Å². The highest BCUT2D eigenvalue weighted by molar-refractivity contribution is 5.84. The SMILES string of the molecule is CC1CN(C(=N)C(C)(C)C)CC(C)O1. The summed E-state index contributed by atoms with van der Waals surface area (Å²) in [5.74, 6) is 0.722. The van der Waals surface area contributed by atoms with Crippen LogP contribution in [0.5, 0.6) is 0 Å². The van der Waals surface area contributed by atoms with Crippen LogP contribution in [0.3, 0.4) is 0 Å². The molecule has 1 fully saturated rings. The second-order valence-electron chi connectivity index (χ2n) is 5.26. The van der Waals surface area contributed by atoms with Crippen molar-refractivity contribution in [3.05, 3.63) is 0 Å². The van der Waals surface area contributed by atoms with E-state index in [0.29, 0.717) is 0 Å². The van der Waals surface area contributed by atoms with Gasteiger partial charge in [-0.1, -0.05) is 20.8 Å². The maximum absolute atomic E-state index is 8.08. The first-order valence-corrected chi connectivity index (χ1v) is 5.30. The van der Waals surface area contributed by atoms with Crippen molar-refractivity contribution in [2.75, 3.05) is 13.1 Å². The molecule has 1 saturated heterocycles. The van der Waals surface area contributed by atoms with Gasteiger partial charge in [0.1, 0.15) is 5.84 Å². The molecule has 0 amide bonds. The number of rotatable bonds is 0. The third-order valence-electron chi connectivity index (χ3n) is 2.45. The third kappa shape index (κ3) is 2.71. The normalized spacial score (nSPS) is 29.1. The summed E-state index contributed by atoms with van der Waals surface area (Å²) in [6.45, 7) is 12.1. The highest BCUT2D eigenvalue weighted by atomic mass is 16.5. The molecule has 2 unspecified atom stereocenters. The van der Waals surface area contributed by atoms with Crippen molar-refractivity contribution in [3.8, 4) is 0 Å². The fraction of sp³-hybridized carbons (Fsp3) is 0.909. The standard InChI is InChI=1S/C11H22N2O/c1-8-6-13(7-9(2)14-8)10(12)11(3,4)5/h8-9,12H,6-7H2,1-5H3. The number of hydrogen-bond acceptors (Lipinski definition) is 2. The van der Waals surface area contributed by atoms with Gasteiger partial charge < -0.3 is 9.64 Å². The predicted molar refractivity (Wildman–Crippen MR) is 58.8 cm³/mol. The average molecular weight is 198 g/mol. The van der Waals surface area contributed by atoms with Crippen molar-refractivity contribution in [2.45, 2.75) is 46.8 Å². The van der Waals surface area contributed by atoms with Crippen LogP contribution in [0.1, 0.15) is 34.6 Å². The number of ether oxygens (including phenoxy) is 1. The second kappa shape index (κ2) is 3.89. The van der Waals surface area contributed by atoms with Gasteiger partial charge in [-0.3, -0.25) is 5.41 Å². The minimum absolute atomic E-state index is 0.0588. The molecule has 1 aliphatic heterocycles. The number of amidine groups is 1. The molecule has 0 aromatic carbocycles. The summed E-state index contributed by atoms with van der Waals surface area (Å²) in [5, 5.41) is 8.08. The summed E-state index contributed by atoms with van der Waals surface area (Å²) in [6.07, 6.45) is 0.475. The molecule has 0 aromatic rings. The predicted octanol–water partition coefficient (Wildman–Crippen LogP) is 2.12. The first kappa shape index (κ1) is 11.5. The van der Waals surface area contributed by atoms with E-state index >= 15 is 0 Å². The van der Waals surface area contributed by atoms with Crippen molar-refractivity contribution in [3.63, 3.8) is 0 Å². The van der Waals surface area contributed by atoms with E-state index < -0.39 is 0 Å². The first-order valence-electron chi connectivity index (χ1n) is 5.30. The van der Waals surface area contributed by atoms with Crippen LogP contribution in [0.15, 0.2) is 0 Å². The highest BCUT2D eigenvalue weighted by Gasteiger charge is 2.29. The molecule has 0 saturated carbocycles. The number of hydrogen-bond donors (Lipinski definition) is 1. The highest BCUT2D eigenvalue weighted by Crippen LogP contribution is 2.21. The van der Waals surface area contributed by atoms with Crippen LogP contribution in [0, 0.1) is 10.8 Å². The van der Waals surface area contributed by atoms with Crippen LogP contribution in [0.25, 0.3) is 0 Å². The van der Waals surface area contributed by atoms with E-state index in [-0.39, 0.29) is 17.6 Å². The molecular weight excluding hydrogens is 176 g/mol. The number of morpholine rings is 1. The molecular formula is C11H22N2O. The zero-order valence-electron chi connectivity index (χ0n) is 9.92. The summed E-state index contributed by atoms with van der Waals surface area (Å²) in [6, 6.07) is 0. The molecule has 1 aliphatic rings. The topological polar surface area (TPSA) is 36.3 Å². The quantitative estimate of drug-likeness (QED) is 0.478. The molecule has 0 radical (unpaired) electrons. The van der Waals surface area contributed by atoms with Gasteiger partial charge in [-0.15, -0.1) is 0 Å². The minimum atomic E-state index is -0.0588. The molecule has 14 heavy (non-hydrogen) atoms. The van der Waals surface area contributed by atoms with Crippen molar-refractivity contribution < 1.29 is 4.74 Å². The van der Waals surface area contributed by atoms with E-state index in [4.69, 9.17) is 10.1 Å². The molecule has 2 atom stereocenters. The molecule has 0 aliphatic carbocycles. The van der Waals surface area contributed by atoms with Crippen molar-refractivity contribution in [1.82, 2.24) is 4.90 Å². The van der Waals surface area contributed by atoms with Gasteiger partial charge in [0.15, 0.2) is 0 Å². The molecule has 3 heteroatoms. The van der Waals surface area contributed by atoms with Gasteiger partial charge in [0.25, 0.3) is 0 Å². The van der Waals surface area contributed by atoms with Crippen molar-refractivity contribution in [2.24, 2.45) is 5.41 Å². The summed E-state index contributed by atoms with van der Waals surface area (Å²) >= 11 is 0. The Balaban J connectivity index is 2.64. The Kier molecular flexibility index (Phi) is 3.20. The van der Waals surface area contributed by atoms with E-state index in [9.17, 15) is 0 Å². The minimum Gasteiger partial charge on any atom is -0.372 e. The van der Waals surface area contributed by atoms with Gasteiger partial charge in [0.2, 0.25) is 0 Å². The van der Waals surface area contributed by atoms with E-state index in [0.717, 1.165) is 18.9 Å². The van der Waals surface area contributed by atoms with Gasteiger partial charge in [-0.2, -0.15) is 0 Å². The van der Waals surface area contributed by atoms with Gasteiger partial charge >= 0.3 is 0 Å². The first-order chi connectivity index (χ1) is 6.30. The van der Waals surface area contributed by atoms with Crippen LogP contribution in [-0.2, 0) is 4.74 Å². The average Bonchev–Trinajstić information content (AvgIpc) is 1.99. The van der Waals surface area contributed by atoms with Crippen LogP contribution in [-0.4, -0.2) is 36.0 Å². The lowest BCUT2D eigenvalue weighted by Crippen LogP contribution is -2.51. The fourth-order valence-electron chi connectivity index (χ4n) is 1.83. The lowest BCUT2D eigenvalue weighted by molar-refractivity contribution is -0.0501. The van der Waals surface area contributed by atoms with Crippen LogP contribution in [0.4, 0.5) is 0 Å². The Morgan fingerprint density at radius 1 is 1.21 bits per heavy atom. The molecule has 0 aromatic heterocycles. The molecule has 0 bridgehead atoms. The smallest absolute Gasteiger partial charge is 0.101 e.